The van der Waals surface area contributed by atoms with Crippen molar-refractivity contribution < 1.29 is 63.0 Å². The molecule has 2 aliphatic heterocycles. The fourth-order valence-electron chi connectivity index (χ4n) is 6.07. The number of hydrogen-bond donors (Lipinski definition) is 15. The number of carbonyl (C=O) groups excluding carboxylic acids is 9. The predicted octanol–water partition coefficient (Wildman–Crippen LogP) is -8.14. The molecule has 2 fully saturated rings. The van der Waals surface area contributed by atoms with Crippen molar-refractivity contribution in [3.8, 4) is 0 Å². The van der Waals surface area contributed by atoms with Gasteiger partial charge in [-0.3, -0.25) is 73.4 Å². The third-order valence-corrected chi connectivity index (χ3v) is 11.7. The summed E-state index contributed by atoms with van der Waals surface area (Å²) >= 11 is 0. The summed E-state index contributed by atoms with van der Waals surface area (Å²) in [6.45, 7) is -1.43. The number of primary amides is 1. The van der Waals surface area contributed by atoms with Crippen molar-refractivity contribution in [1.82, 2.24) is 42.1 Å². The number of imide groups is 1. The van der Waals surface area contributed by atoms with Crippen LogP contribution in [0.4, 0.5) is 0 Å². The van der Waals surface area contributed by atoms with Crippen molar-refractivity contribution in [3.63, 3.8) is 0 Å². The molecule has 2 saturated heterocycles. The summed E-state index contributed by atoms with van der Waals surface area (Å²) in [4.78, 5) is 151. The standard InChI is InChI=1S/C34H56N16O13S2/c35-25(57)19-14-64-65-26(36)32(63)49-28(59)15(4-1-7-41-33(37)38)43-12-21(51)45-17(10-23(53)54)29(60)46-16(5-2-8-42-34(39)40)27(58)44-13-22(52)50-9-3-6-20(50)31(62)47-18(11-24(55)56)30(61)48-19/h15-20,26,43H,1-14,36H2,(H2,35,57)(H,44,58)(H,45,51)(H,46,60)(H,47,62)(H,48,61)(H,53,54)(H,55,56)(H4,37,38,41)(H4,39,40,42)(H,49,59,63)/t15-,16+,17+,18+,19?,20?,26+/m1/s1. The average Bonchev–Trinajstić information content (AvgIpc) is 3.72. The van der Waals surface area contributed by atoms with Crippen molar-refractivity contribution in [2.45, 2.75) is 93.0 Å². The molecule has 21 N–H and O–H groups in total. The van der Waals surface area contributed by atoms with Gasteiger partial charge >= 0.3 is 11.9 Å². The number of guanidine groups is 2. The van der Waals surface area contributed by atoms with Gasteiger partial charge in [0.05, 0.1) is 32.0 Å². The van der Waals surface area contributed by atoms with Crippen LogP contribution in [0.5, 0.6) is 0 Å². The normalized spacial score (nSPS) is 25.1. The minimum Gasteiger partial charge on any atom is -0.481 e. The third-order valence-electron chi connectivity index (χ3n) is 9.25. The lowest BCUT2D eigenvalue weighted by Gasteiger charge is -2.27. The SMILES string of the molecule is NC(=O)C1CSS[C@H](N)C(=O)NC(=O)[C@@H](CCCN=C(N)N)NCC(=O)N[C@@H](CC(=O)O)C(=O)N[C@@H](CCCN=C(N)N)C(=O)NCC(=O)N2CCCC2C(=O)N[C@@H](CC(=O)O)C(=O)N1. The number of nitrogens with one attached hydrogen (secondary N) is 7. The van der Waals surface area contributed by atoms with Gasteiger partial charge in [-0.2, -0.15) is 0 Å². The van der Waals surface area contributed by atoms with E-state index in [4.69, 9.17) is 34.4 Å². The molecule has 2 heterocycles. The van der Waals surface area contributed by atoms with Gasteiger partial charge in [0.2, 0.25) is 47.3 Å². The van der Waals surface area contributed by atoms with Crippen LogP contribution in [0.2, 0.25) is 0 Å². The van der Waals surface area contributed by atoms with E-state index in [9.17, 15) is 63.0 Å². The zero-order valence-electron chi connectivity index (χ0n) is 34.9. The molecule has 7 atom stereocenters. The molecule has 2 rings (SSSR count). The number of nitrogens with two attached hydrogens (primary N) is 6. The highest BCUT2D eigenvalue weighted by Crippen LogP contribution is 2.25. The fraction of sp³-hybridized carbons (Fsp3) is 0.618. The Hall–Kier alpha value is -6.47. The Labute approximate surface area is 378 Å². The van der Waals surface area contributed by atoms with Crippen LogP contribution in [-0.2, 0) is 52.7 Å². The second-order valence-electron chi connectivity index (χ2n) is 14.4. The Bertz CT molecular complexity index is 1850. The number of amides is 9. The van der Waals surface area contributed by atoms with Crippen LogP contribution < -0.4 is 71.6 Å². The van der Waals surface area contributed by atoms with Gasteiger partial charge in [-0.1, -0.05) is 21.6 Å². The van der Waals surface area contributed by atoms with E-state index in [1.807, 2.05) is 0 Å². The first kappa shape index (κ1) is 54.7. The van der Waals surface area contributed by atoms with Gasteiger partial charge in [0.25, 0.3) is 5.91 Å². The van der Waals surface area contributed by atoms with Gasteiger partial charge < -0.3 is 76.1 Å². The van der Waals surface area contributed by atoms with Gasteiger partial charge in [-0.15, -0.1) is 0 Å². The summed E-state index contributed by atoms with van der Waals surface area (Å²) in [7, 11) is 1.41. The zero-order chi connectivity index (χ0) is 48.8. The molecule has 0 aromatic rings. The molecule has 0 aromatic heterocycles. The summed E-state index contributed by atoms with van der Waals surface area (Å²) in [6.07, 6.45) is -1.63. The molecule has 65 heavy (non-hydrogen) atoms. The Morgan fingerprint density at radius 1 is 0.677 bits per heavy atom. The number of carboxylic acids is 2. The van der Waals surface area contributed by atoms with Crippen LogP contribution in [-0.4, -0.2) is 172 Å². The molecule has 0 radical (unpaired) electrons. The first-order valence-corrected chi connectivity index (χ1v) is 22.2. The van der Waals surface area contributed by atoms with E-state index in [1.165, 1.54) is 0 Å². The minimum absolute atomic E-state index is 0.0123. The fourth-order valence-corrected chi connectivity index (χ4v) is 8.17. The summed E-state index contributed by atoms with van der Waals surface area (Å²) in [6, 6.07) is -9.09. The van der Waals surface area contributed by atoms with Crippen LogP contribution in [0.25, 0.3) is 0 Å². The van der Waals surface area contributed by atoms with Gasteiger partial charge in [0.1, 0.15) is 35.6 Å². The third kappa shape index (κ3) is 20.3. The first-order chi connectivity index (χ1) is 30.6. The van der Waals surface area contributed by atoms with Gasteiger partial charge in [-0.05, 0) is 38.5 Å². The Kier molecular flexibility index (Phi) is 23.3. The molecular formula is C34H56N16O13S2. The Morgan fingerprint density at radius 3 is 1.80 bits per heavy atom. The highest BCUT2D eigenvalue weighted by molar-refractivity contribution is 8.77. The molecule has 31 heteroatoms. The molecule has 362 valence electrons. The molecule has 2 unspecified atom stereocenters. The van der Waals surface area contributed by atoms with Crippen molar-refractivity contribution in [2.24, 2.45) is 44.4 Å². The van der Waals surface area contributed by atoms with Crippen LogP contribution in [0.15, 0.2) is 9.98 Å². The molecule has 29 nitrogen and oxygen atoms in total. The summed E-state index contributed by atoms with van der Waals surface area (Å²) < 4.78 is 0. The lowest BCUT2D eigenvalue weighted by molar-refractivity contribution is -0.143. The topological polar surface area (TPSA) is 497 Å². The average molecular weight is 961 g/mol. The van der Waals surface area contributed by atoms with Crippen molar-refractivity contribution in [2.75, 3.05) is 38.5 Å². The Morgan fingerprint density at radius 2 is 1.23 bits per heavy atom. The molecule has 9 amide bonds. The maximum Gasteiger partial charge on any atom is 0.305 e. The van der Waals surface area contributed by atoms with Crippen molar-refractivity contribution in [3.05, 3.63) is 0 Å². The maximum absolute atomic E-state index is 13.5. The number of carbonyl (C=O) groups is 11. The van der Waals surface area contributed by atoms with Crippen LogP contribution in [0, 0.1) is 0 Å². The van der Waals surface area contributed by atoms with E-state index in [0.717, 1.165) is 15.7 Å². The lowest BCUT2D eigenvalue weighted by Crippen LogP contribution is -2.58. The van der Waals surface area contributed by atoms with Crippen molar-refractivity contribution in [1.29, 1.82) is 0 Å². The van der Waals surface area contributed by atoms with E-state index >= 15 is 0 Å². The minimum atomic E-state index is -1.79. The second-order valence-corrected chi connectivity index (χ2v) is 16.9. The number of carboxylic acid groups (broad SMARTS) is 2. The summed E-state index contributed by atoms with van der Waals surface area (Å²) in [5.41, 5.74) is 32.9. The highest BCUT2D eigenvalue weighted by atomic mass is 33.1. The number of fused-ring (bicyclic) bond motifs is 1. The van der Waals surface area contributed by atoms with E-state index in [0.29, 0.717) is 10.8 Å². The molecule has 0 aromatic carbocycles. The monoisotopic (exact) mass is 960 g/mol. The molecule has 0 spiro atoms. The number of aliphatic imine (C=N–C) groups is 2. The lowest BCUT2D eigenvalue weighted by atomic mass is 10.1. The molecule has 0 aliphatic carbocycles. The number of nitrogens with zero attached hydrogens (tertiary/aromatic N) is 3. The summed E-state index contributed by atoms with van der Waals surface area (Å²) in [5.74, 6) is -13.0. The molecular weight excluding hydrogens is 905 g/mol. The van der Waals surface area contributed by atoms with Crippen LogP contribution in [0.3, 0.4) is 0 Å². The van der Waals surface area contributed by atoms with E-state index in [-0.39, 0.29) is 75.8 Å². The Balaban J connectivity index is 2.51. The van der Waals surface area contributed by atoms with Crippen LogP contribution >= 0.6 is 21.6 Å². The maximum atomic E-state index is 13.5. The smallest absolute Gasteiger partial charge is 0.305 e. The van der Waals surface area contributed by atoms with Crippen LogP contribution in [0.1, 0.15) is 51.4 Å². The largest absolute Gasteiger partial charge is 0.481 e. The number of aliphatic carboxylic acids is 2. The van der Waals surface area contributed by atoms with Gasteiger partial charge in [0.15, 0.2) is 11.9 Å². The van der Waals surface area contributed by atoms with E-state index < -0.39 is 133 Å². The molecule has 2 aliphatic rings. The number of rotatable bonds is 13. The summed E-state index contributed by atoms with van der Waals surface area (Å²) in [5, 5.41) is 33.8. The predicted molar refractivity (Wildman–Crippen MR) is 232 cm³/mol. The zero-order valence-corrected chi connectivity index (χ0v) is 36.6. The highest BCUT2D eigenvalue weighted by Gasteiger charge is 2.38. The second kappa shape index (κ2) is 27.7. The van der Waals surface area contributed by atoms with Gasteiger partial charge in [0, 0.05) is 25.4 Å². The number of hydrogen-bond acceptors (Lipinski definition) is 17. The quantitative estimate of drug-likeness (QED) is 0.0268. The molecule has 0 saturated carbocycles. The van der Waals surface area contributed by atoms with E-state index in [2.05, 4.69) is 47.2 Å². The van der Waals surface area contributed by atoms with Crippen molar-refractivity contribution >= 4 is 98.6 Å². The van der Waals surface area contributed by atoms with Gasteiger partial charge in [-0.25, -0.2) is 0 Å². The molecule has 0 bridgehead atoms. The van der Waals surface area contributed by atoms with E-state index in [1.54, 1.807) is 0 Å². The first-order valence-electron chi connectivity index (χ1n) is 19.8.